The van der Waals surface area contributed by atoms with Gasteiger partial charge in [0.15, 0.2) is 0 Å². The molecule has 0 atom stereocenters. The number of nitrogens with zero attached hydrogens (tertiary/aromatic N) is 1. The number of fused-ring (bicyclic) bond motifs is 1. The summed E-state index contributed by atoms with van der Waals surface area (Å²) in [5.41, 5.74) is 2.14. The third-order valence-electron chi connectivity index (χ3n) is 3.47. The quantitative estimate of drug-likeness (QED) is 0.770. The molecule has 3 rings (SSSR count). The molecule has 0 radical (unpaired) electrons. The molecule has 1 aromatic heterocycles. The van der Waals surface area contributed by atoms with Crippen molar-refractivity contribution in [1.29, 1.82) is 0 Å². The van der Waals surface area contributed by atoms with E-state index in [-0.39, 0.29) is 29.1 Å². The largest absolute Gasteiger partial charge is 0.382 e. The fourth-order valence-corrected chi connectivity index (χ4v) is 3.50. The minimum absolute atomic E-state index is 0.101. The van der Waals surface area contributed by atoms with Crippen molar-refractivity contribution in [2.75, 3.05) is 15.4 Å². The summed E-state index contributed by atoms with van der Waals surface area (Å²) < 4.78 is 27.4. The van der Waals surface area contributed by atoms with Crippen LogP contribution in [0.1, 0.15) is 19.4 Å². The molecule has 0 bridgehead atoms. The molecule has 2 aromatic rings. The van der Waals surface area contributed by atoms with Gasteiger partial charge in [0.05, 0.1) is 23.2 Å². The van der Waals surface area contributed by atoms with Gasteiger partial charge in [0.2, 0.25) is 5.91 Å². The van der Waals surface area contributed by atoms with Crippen molar-refractivity contribution in [3.63, 3.8) is 0 Å². The number of pyridine rings is 1. The molecule has 1 aromatic carbocycles. The second-order valence-electron chi connectivity index (χ2n) is 5.88. The maximum absolute atomic E-state index is 12.5. The van der Waals surface area contributed by atoms with Crippen LogP contribution in [0.5, 0.6) is 0 Å². The van der Waals surface area contributed by atoms with Gasteiger partial charge in [0.1, 0.15) is 5.82 Å². The Kier molecular flexibility index (Phi) is 4.15. The van der Waals surface area contributed by atoms with Crippen molar-refractivity contribution < 1.29 is 13.2 Å². The number of carbonyl (C=O) groups is 1. The maximum Gasteiger partial charge on any atom is 0.263 e. The number of anilines is 3. The molecule has 7 nitrogen and oxygen atoms in total. The second-order valence-corrected chi connectivity index (χ2v) is 7.56. The number of benzene rings is 1. The van der Waals surface area contributed by atoms with Crippen LogP contribution in [0.4, 0.5) is 17.2 Å². The summed E-state index contributed by atoms with van der Waals surface area (Å²) in [4.78, 5) is 15.6. The first-order valence-electron chi connectivity index (χ1n) is 7.52. The molecule has 1 amide bonds. The highest BCUT2D eigenvalue weighted by molar-refractivity contribution is 7.92. The summed E-state index contributed by atoms with van der Waals surface area (Å²) in [6.45, 7) is 4.01. The van der Waals surface area contributed by atoms with E-state index in [2.05, 4.69) is 20.3 Å². The lowest BCUT2D eigenvalue weighted by Crippen LogP contribution is -2.14. The van der Waals surface area contributed by atoms with Crippen LogP contribution >= 0.6 is 0 Å². The summed E-state index contributed by atoms with van der Waals surface area (Å²) in [5.74, 6) is 0.0985. The Morgan fingerprint density at radius 3 is 2.67 bits per heavy atom. The maximum atomic E-state index is 12.5. The number of amides is 1. The van der Waals surface area contributed by atoms with Crippen LogP contribution in [0.25, 0.3) is 0 Å². The molecule has 0 fully saturated rings. The standard InChI is InChI=1S/C16H18N4O3S/c1-10(2)18-12-3-6-15(17-9-12)20-24(22,23)13-4-5-14-11(7-13)8-16(21)19-14/h3-7,9-10,18H,8H2,1-2H3,(H,17,20)(H,19,21). The molecule has 0 aliphatic carbocycles. The topological polar surface area (TPSA) is 100 Å². The zero-order valence-corrected chi connectivity index (χ0v) is 14.1. The van der Waals surface area contributed by atoms with Gasteiger partial charge in [0.25, 0.3) is 10.0 Å². The van der Waals surface area contributed by atoms with Gasteiger partial charge in [-0.25, -0.2) is 13.4 Å². The van der Waals surface area contributed by atoms with E-state index in [4.69, 9.17) is 0 Å². The van der Waals surface area contributed by atoms with Crippen LogP contribution in [-0.2, 0) is 21.2 Å². The lowest BCUT2D eigenvalue weighted by molar-refractivity contribution is -0.115. The molecular formula is C16H18N4O3S. The number of aromatic nitrogens is 1. The number of nitrogens with one attached hydrogen (secondary N) is 3. The molecule has 1 aliphatic rings. The van der Waals surface area contributed by atoms with E-state index in [1.54, 1.807) is 24.4 Å². The fraction of sp³-hybridized carbons (Fsp3) is 0.250. The summed E-state index contributed by atoms with van der Waals surface area (Å²) in [6, 6.07) is 8.18. The summed E-state index contributed by atoms with van der Waals surface area (Å²) in [7, 11) is -3.76. The number of hydrogen-bond acceptors (Lipinski definition) is 5. The SMILES string of the molecule is CC(C)Nc1ccc(NS(=O)(=O)c2ccc3c(c2)CC(=O)N3)nc1. The molecule has 0 unspecified atom stereocenters. The van der Waals surface area contributed by atoms with E-state index >= 15 is 0 Å². The molecule has 1 aliphatic heterocycles. The van der Waals surface area contributed by atoms with E-state index in [0.29, 0.717) is 11.3 Å². The molecule has 0 saturated heterocycles. The molecule has 0 spiro atoms. The monoisotopic (exact) mass is 346 g/mol. The van der Waals surface area contributed by atoms with Gasteiger partial charge < -0.3 is 10.6 Å². The molecule has 24 heavy (non-hydrogen) atoms. The van der Waals surface area contributed by atoms with E-state index in [1.165, 1.54) is 12.1 Å². The van der Waals surface area contributed by atoms with Crippen molar-refractivity contribution in [3.8, 4) is 0 Å². The highest BCUT2D eigenvalue weighted by Crippen LogP contribution is 2.26. The van der Waals surface area contributed by atoms with E-state index < -0.39 is 10.0 Å². The first kappa shape index (κ1) is 16.3. The van der Waals surface area contributed by atoms with E-state index in [0.717, 1.165) is 5.69 Å². The van der Waals surface area contributed by atoms with Crippen molar-refractivity contribution >= 4 is 33.1 Å². The van der Waals surface area contributed by atoms with Crippen LogP contribution < -0.4 is 15.4 Å². The fourth-order valence-electron chi connectivity index (χ4n) is 2.44. The normalized spacial score (nSPS) is 13.5. The minimum Gasteiger partial charge on any atom is -0.382 e. The van der Waals surface area contributed by atoms with Gasteiger partial charge in [0, 0.05) is 11.7 Å². The summed E-state index contributed by atoms with van der Waals surface area (Å²) >= 11 is 0. The Bertz CT molecular complexity index is 877. The van der Waals surface area contributed by atoms with Crippen LogP contribution in [0.3, 0.4) is 0 Å². The van der Waals surface area contributed by atoms with Crippen LogP contribution in [0.15, 0.2) is 41.4 Å². The second kappa shape index (κ2) is 6.12. The first-order valence-corrected chi connectivity index (χ1v) is 9.00. The zero-order chi connectivity index (χ0) is 17.3. The highest BCUT2D eigenvalue weighted by atomic mass is 32.2. The van der Waals surface area contributed by atoms with Crippen molar-refractivity contribution in [1.82, 2.24) is 4.98 Å². The van der Waals surface area contributed by atoms with Crippen LogP contribution in [0, 0.1) is 0 Å². The van der Waals surface area contributed by atoms with Gasteiger partial charge in [-0.1, -0.05) is 0 Å². The van der Waals surface area contributed by atoms with Gasteiger partial charge in [-0.2, -0.15) is 0 Å². The Balaban J connectivity index is 1.79. The number of sulfonamides is 1. The zero-order valence-electron chi connectivity index (χ0n) is 13.3. The Labute approximate surface area is 140 Å². The summed E-state index contributed by atoms with van der Waals surface area (Å²) in [6.07, 6.45) is 1.76. The van der Waals surface area contributed by atoms with Gasteiger partial charge in [-0.3, -0.25) is 9.52 Å². The van der Waals surface area contributed by atoms with Gasteiger partial charge in [-0.05, 0) is 49.7 Å². The van der Waals surface area contributed by atoms with Crippen molar-refractivity contribution in [3.05, 3.63) is 42.1 Å². The van der Waals surface area contributed by atoms with Gasteiger partial charge in [-0.15, -0.1) is 0 Å². The Hall–Kier alpha value is -2.61. The third kappa shape index (κ3) is 3.48. The summed E-state index contributed by atoms with van der Waals surface area (Å²) in [5, 5.41) is 5.85. The average Bonchev–Trinajstić information content (AvgIpc) is 2.87. The Morgan fingerprint density at radius 2 is 2.00 bits per heavy atom. The highest BCUT2D eigenvalue weighted by Gasteiger charge is 2.22. The molecule has 0 saturated carbocycles. The predicted octanol–water partition coefficient (Wildman–Crippen LogP) is 2.20. The first-order chi connectivity index (χ1) is 11.3. The predicted molar refractivity (Wildman–Crippen MR) is 92.6 cm³/mol. The van der Waals surface area contributed by atoms with Crippen LogP contribution in [0.2, 0.25) is 0 Å². The molecule has 8 heteroatoms. The molecule has 126 valence electrons. The van der Waals surface area contributed by atoms with Crippen molar-refractivity contribution in [2.24, 2.45) is 0 Å². The number of carbonyl (C=O) groups excluding carboxylic acids is 1. The van der Waals surface area contributed by atoms with E-state index in [9.17, 15) is 13.2 Å². The molecular weight excluding hydrogens is 328 g/mol. The lowest BCUT2D eigenvalue weighted by Gasteiger charge is -2.11. The smallest absolute Gasteiger partial charge is 0.263 e. The van der Waals surface area contributed by atoms with Gasteiger partial charge >= 0.3 is 0 Å². The molecule has 3 N–H and O–H groups in total. The third-order valence-corrected chi connectivity index (χ3v) is 4.82. The minimum atomic E-state index is -3.76. The molecule has 2 heterocycles. The van der Waals surface area contributed by atoms with E-state index in [1.807, 2.05) is 13.8 Å². The lowest BCUT2D eigenvalue weighted by atomic mass is 10.2. The number of rotatable bonds is 5. The number of hydrogen-bond donors (Lipinski definition) is 3. The van der Waals surface area contributed by atoms with Crippen molar-refractivity contribution in [2.45, 2.75) is 31.2 Å². The van der Waals surface area contributed by atoms with Crippen LogP contribution in [-0.4, -0.2) is 25.4 Å². The average molecular weight is 346 g/mol. The Morgan fingerprint density at radius 1 is 1.21 bits per heavy atom.